The molecule has 9 nitrogen and oxygen atoms in total. The van der Waals surface area contributed by atoms with Gasteiger partial charge >= 0.3 is 0 Å². The van der Waals surface area contributed by atoms with Crippen LogP contribution in [0.1, 0.15) is 25.6 Å². The molecule has 0 radical (unpaired) electrons. The van der Waals surface area contributed by atoms with Crippen LogP contribution in [-0.2, 0) is 22.6 Å². The number of aliphatic imine (C=N–C) groups is 1. The molecule has 9 heteroatoms. The van der Waals surface area contributed by atoms with Crippen LogP contribution in [0.15, 0.2) is 11.3 Å². The Labute approximate surface area is 148 Å². The molecule has 0 saturated carbocycles. The molecule has 1 amide bonds. The van der Waals surface area contributed by atoms with Crippen molar-refractivity contribution in [3.8, 4) is 0 Å². The third kappa shape index (κ3) is 4.09. The van der Waals surface area contributed by atoms with E-state index >= 15 is 0 Å². The van der Waals surface area contributed by atoms with Gasteiger partial charge in [-0.05, 0) is 19.8 Å². The SMILES string of the molecule is CCn1cnnc1CNC(=NC)N1CCN(C(=O)C2CCCO2)CC1. The normalized spacial score (nSPS) is 21.7. The van der Waals surface area contributed by atoms with E-state index in [0.29, 0.717) is 26.2 Å². The predicted octanol–water partition coefficient (Wildman–Crippen LogP) is -0.303. The first-order valence-corrected chi connectivity index (χ1v) is 8.95. The third-order valence-corrected chi connectivity index (χ3v) is 4.75. The molecule has 0 aliphatic carbocycles. The molecule has 0 spiro atoms. The molecule has 0 bridgehead atoms. The van der Waals surface area contributed by atoms with Crippen LogP contribution in [0.3, 0.4) is 0 Å². The number of guanidine groups is 1. The molecule has 2 fully saturated rings. The van der Waals surface area contributed by atoms with E-state index < -0.39 is 0 Å². The molecule has 1 N–H and O–H groups in total. The number of nitrogens with zero attached hydrogens (tertiary/aromatic N) is 6. The minimum atomic E-state index is -0.232. The Bertz CT molecular complexity index is 601. The number of hydrogen-bond donors (Lipinski definition) is 1. The first-order valence-electron chi connectivity index (χ1n) is 8.95. The average Bonchev–Trinajstić information content (AvgIpc) is 3.34. The van der Waals surface area contributed by atoms with E-state index in [1.165, 1.54) is 0 Å². The summed E-state index contributed by atoms with van der Waals surface area (Å²) in [7, 11) is 1.77. The van der Waals surface area contributed by atoms with Crippen LogP contribution in [-0.4, -0.2) is 82.4 Å². The number of rotatable bonds is 4. The standard InChI is InChI=1S/C16H27N7O2/c1-3-21-12-19-20-14(21)11-18-16(17-2)23-8-6-22(7-9-23)15(24)13-5-4-10-25-13/h12-13H,3-11H2,1-2H3,(H,17,18). The highest BCUT2D eigenvalue weighted by atomic mass is 16.5. The first-order chi connectivity index (χ1) is 12.2. The number of hydrogen-bond acceptors (Lipinski definition) is 5. The van der Waals surface area contributed by atoms with Crippen LogP contribution in [0.25, 0.3) is 0 Å². The molecule has 1 aromatic heterocycles. The van der Waals surface area contributed by atoms with E-state index in [9.17, 15) is 4.79 Å². The maximum Gasteiger partial charge on any atom is 0.251 e. The number of amides is 1. The lowest BCUT2D eigenvalue weighted by atomic mass is 10.2. The van der Waals surface area contributed by atoms with Gasteiger partial charge in [-0.15, -0.1) is 10.2 Å². The van der Waals surface area contributed by atoms with Gasteiger partial charge in [0.1, 0.15) is 12.4 Å². The van der Waals surface area contributed by atoms with Gasteiger partial charge in [0.25, 0.3) is 5.91 Å². The monoisotopic (exact) mass is 349 g/mol. The molecule has 138 valence electrons. The van der Waals surface area contributed by atoms with E-state index in [-0.39, 0.29) is 12.0 Å². The van der Waals surface area contributed by atoms with Crippen molar-refractivity contribution in [1.29, 1.82) is 0 Å². The molecule has 1 aromatic rings. The molecule has 1 unspecified atom stereocenters. The Hall–Kier alpha value is -2.16. The number of aryl methyl sites for hydroxylation is 1. The van der Waals surface area contributed by atoms with E-state index in [2.05, 4.69) is 32.3 Å². The second-order valence-electron chi connectivity index (χ2n) is 6.25. The lowest BCUT2D eigenvalue weighted by molar-refractivity contribution is -0.142. The van der Waals surface area contributed by atoms with Crippen molar-refractivity contribution in [2.24, 2.45) is 4.99 Å². The van der Waals surface area contributed by atoms with E-state index in [1.54, 1.807) is 13.4 Å². The second kappa shape index (κ2) is 8.28. The Morgan fingerprint density at radius 3 is 2.76 bits per heavy atom. The fraction of sp³-hybridized carbons (Fsp3) is 0.750. The molecule has 1 atom stereocenters. The molecule has 3 rings (SSSR count). The summed E-state index contributed by atoms with van der Waals surface area (Å²) in [5.74, 6) is 1.85. The van der Waals surface area contributed by atoms with E-state index in [1.807, 2.05) is 9.47 Å². The Kier molecular flexibility index (Phi) is 5.85. The summed E-state index contributed by atoms with van der Waals surface area (Å²) in [6.07, 6.45) is 3.33. The van der Waals surface area contributed by atoms with Crippen LogP contribution < -0.4 is 5.32 Å². The Morgan fingerprint density at radius 2 is 2.12 bits per heavy atom. The van der Waals surface area contributed by atoms with E-state index in [4.69, 9.17) is 4.74 Å². The van der Waals surface area contributed by atoms with Crippen LogP contribution in [0.4, 0.5) is 0 Å². The quantitative estimate of drug-likeness (QED) is 0.593. The average molecular weight is 349 g/mol. The number of aromatic nitrogens is 3. The van der Waals surface area contributed by atoms with Gasteiger partial charge in [-0.25, -0.2) is 0 Å². The van der Waals surface area contributed by atoms with Gasteiger partial charge in [0.05, 0.1) is 6.54 Å². The number of ether oxygens (including phenoxy) is 1. The zero-order chi connectivity index (χ0) is 17.6. The van der Waals surface area contributed by atoms with Gasteiger partial charge in [-0.1, -0.05) is 0 Å². The van der Waals surface area contributed by atoms with Gasteiger partial charge in [-0.3, -0.25) is 9.79 Å². The molecular formula is C16H27N7O2. The minimum Gasteiger partial charge on any atom is -0.368 e. The summed E-state index contributed by atoms with van der Waals surface area (Å²) in [6.45, 7) is 7.11. The summed E-state index contributed by atoms with van der Waals surface area (Å²) in [6, 6.07) is 0. The highest BCUT2D eigenvalue weighted by Gasteiger charge is 2.30. The number of nitrogens with one attached hydrogen (secondary N) is 1. The fourth-order valence-corrected chi connectivity index (χ4v) is 3.29. The third-order valence-electron chi connectivity index (χ3n) is 4.75. The van der Waals surface area contributed by atoms with Crippen molar-refractivity contribution in [3.63, 3.8) is 0 Å². The fourth-order valence-electron chi connectivity index (χ4n) is 3.29. The van der Waals surface area contributed by atoms with Crippen molar-refractivity contribution in [2.75, 3.05) is 39.8 Å². The second-order valence-corrected chi connectivity index (χ2v) is 6.25. The molecule has 2 aliphatic rings. The highest BCUT2D eigenvalue weighted by molar-refractivity contribution is 5.82. The van der Waals surface area contributed by atoms with Crippen molar-refractivity contribution >= 4 is 11.9 Å². The lowest BCUT2D eigenvalue weighted by Crippen LogP contribution is -2.55. The Balaban J connectivity index is 1.49. The highest BCUT2D eigenvalue weighted by Crippen LogP contribution is 2.16. The van der Waals surface area contributed by atoms with Gasteiger partial charge in [0.2, 0.25) is 0 Å². The van der Waals surface area contributed by atoms with Crippen molar-refractivity contribution in [1.82, 2.24) is 29.9 Å². The van der Waals surface area contributed by atoms with Crippen LogP contribution >= 0.6 is 0 Å². The first kappa shape index (κ1) is 17.7. The summed E-state index contributed by atoms with van der Waals surface area (Å²) in [4.78, 5) is 20.9. The summed E-state index contributed by atoms with van der Waals surface area (Å²) in [5, 5.41) is 11.4. The summed E-state index contributed by atoms with van der Waals surface area (Å²) < 4.78 is 7.51. The summed E-state index contributed by atoms with van der Waals surface area (Å²) >= 11 is 0. The Morgan fingerprint density at radius 1 is 1.36 bits per heavy atom. The zero-order valence-corrected chi connectivity index (χ0v) is 15.0. The van der Waals surface area contributed by atoms with Gasteiger partial charge in [0, 0.05) is 46.4 Å². The minimum absolute atomic E-state index is 0.135. The number of piperazine rings is 1. The number of carbonyl (C=O) groups excluding carboxylic acids is 1. The maximum absolute atomic E-state index is 12.4. The molecule has 2 saturated heterocycles. The van der Waals surface area contributed by atoms with Crippen LogP contribution in [0, 0.1) is 0 Å². The smallest absolute Gasteiger partial charge is 0.251 e. The van der Waals surface area contributed by atoms with Crippen molar-refractivity contribution in [2.45, 2.75) is 39.0 Å². The molecule has 0 aromatic carbocycles. The van der Waals surface area contributed by atoms with Crippen LogP contribution in [0.5, 0.6) is 0 Å². The maximum atomic E-state index is 12.4. The number of carbonyl (C=O) groups is 1. The van der Waals surface area contributed by atoms with Crippen molar-refractivity contribution in [3.05, 3.63) is 12.2 Å². The largest absolute Gasteiger partial charge is 0.368 e. The molecular weight excluding hydrogens is 322 g/mol. The molecule has 2 aliphatic heterocycles. The zero-order valence-electron chi connectivity index (χ0n) is 15.0. The van der Waals surface area contributed by atoms with Crippen molar-refractivity contribution < 1.29 is 9.53 Å². The predicted molar refractivity (Wildman–Crippen MR) is 93.0 cm³/mol. The van der Waals surface area contributed by atoms with Gasteiger partial charge in [0.15, 0.2) is 11.8 Å². The topological polar surface area (TPSA) is 87.9 Å². The van der Waals surface area contributed by atoms with Crippen LogP contribution in [0.2, 0.25) is 0 Å². The van der Waals surface area contributed by atoms with Gasteiger partial charge < -0.3 is 24.4 Å². The lowest BCUT2D eigenvalue weighted by Gasteiger charge is -2.37. The van der Waals surface area contributed by atoms with Gasteiger partial charge in [-0.2, -0.15) is 0 Å². The van der Waals surface area contributed by atoms with E-state index in [0.717, 1.165) is 44.3 Å². The summed E-state index contributed by atoms with van der Waals surface area (Å²) in [5.41, 5.74) is 0. The molecule has 3 heterocycles. The molecule has 25 heavy (non-hydrogen) atoms.